The molecule has 0 saturated heterocycles. The standard InChI is InChI=1S/C16H14O/c1-3-7-13-11(5-1)9-15-14-8-4-2-6-12(14)10-16(13)17-15/h1-8,15-16H,9-10H2. The normalized spacial score (nSPS) is 24.9. The lowest BCUT2D eigenvalue weighted by atomic mass is 9.82. The van der Waals surface area contributed by atoms with E-state index in [9.17, 15) is 0 Å². The van der Waals surface area contributed by atoms with E-state index in [1.807, 2.05) is 0 Å². The number of rotatable bonds is 0. The van der Waals surface area contributed by atoms with Gasteiger partial charge in [0.2, 0.25) is 0 Å². The summed E-state index contributed by atoms with van der Waals surface area (Å²) in [7, 11) is 0. The molecule has 2 aliphatic rings. The van der Waals surface area contributed by atoms with E-state index in [4.69, 9.17) is 4.74 Å². The summed E-state index contributed by atoms with van der Waals surface area (Å²) in [5.74, 6) is 0. The maximum atomic E-state index is 6.18. The summed E-state index contributed by atoms with van der Waals surface area (Å²) >= 11 is 0. The highest BCUT2D eigenvalue weighted by atomic mass is 16.5. The first-order valence-corrected chi connectivity index (χ1v) is 6.23. The van der Waals surface area contributed by atoms with Gasteiger partial charge in [0.1, 0.15) is 0 Å². The molecule has 0 spiro atoms. The van der Waals surface area contributed by atoms with Crippen molar-refractivity contribution in [2.24, 2.45) is 0 Å². The molecule has 2 unspecified atom stereocenters. The Morgan fingerprint density at radius 1 is 0.706 bits per heavy atom. The van der Waals surface area contributed by atoms with Crippen LogP contribution in [0.2, 0.25) is 0 Å². The quantitative estimate of drug-likeness (QED) is 0.661. The molecule has 2 atom stereocenters. The zero-order chi connectivity index (χ0) is 11.2. The molecule has 2 aromatic rings. The van der Waals surface area contributed by atoms with Crippen LogP contribution in [0, 0.1) is 0 Å². The fourth-order valence-corrected chi connectivity index (χ4v) is 3.13. The van der Waals surface area contributed by atoms with Gasteiger partial charge in [-0.25, -0.2) is 0 Å². The summed E-state index contributed by atoms with van der Waals surface area (Å²) in [6.45, 7) is 0. The average Bonchev–Trinajstić information content (AvgIpc) is 2.39. The zero-order valence-corrected chi connectivity index (χ0v) is 9.60. The van der Waals surface area contributed by atoms with Crippen LogP contribution in [0.25, 0.3) is 0 Å². The summed E-state index contributed by atoms with van der Waals surface area (Å²) in [5, 5.41) is 0. The maximum Gasteiger partial charge on any atom is 0.0876 e. The first-order valence-electron chi connectivity index (χ1n) is 6.23. The van der Waals surface area contributed by atoms with Crippen molar-refractivity contribution in [1.29, 1.82) is 0 Å². The van der Waals surface area contributed by atoms with Gasteiger partial charge in [-0.05, 0) is 22.3 Å². The molecular formula is C16H14O. The minimum atomic E-state index is 0.264. The van der Waals surface area contributed by atoms with Crippen molar-refractivity contribution >= 4 is 0 Å². The third-order valence-electron chi connectivity index (χ3n) is 3.94. The number of ether oxygens (including phenoxy) is 1. The minimum Gasteiger partial charge on any atom is -0.365 e. The second-order valence-corrected chi connectivity index (χ2v) is 4.92. The van der Waals surface area contributed by atoms with E-state index in [0.717, 1.165) is 12.8 Å². The molecule has 2 aromatic carbocycles. The molecule has 17 heavy (non-hydrogen) atoms. The lowest BCUT2D eigenvalue weighted by Crippen LogP contribution is -2.27. The average molecular weight is 222 g/mol. The van der Waals surface area contributed by atoms with Gasteiger partial charge in [-0.2, -0.15) is 0 Å². The first-order chi connectivity index (χ1) is 8.42. The molecule has 1 nitrogen and oxygen atoms in total. The van der Waals surface area contributed by atoms with Crippen LogP contribution in [0.5, 0.6) is 0 Å². The van der Waals surface area contributed by atoms with E-state index < -0.39 is 0 Å². The Hall–Kier alpha value is -1.60. The van der Waals surface area contributed by atoms with Crippen LogP contribution < -0.4 is 0 Å². The zero-order valence-electron chi connectivity index (χ0n) is 9.60. The summed E-state index contributed by atoms with van der Waals surface area (Å²) < 4.78 is 6.18. The molecule has 2 aliphatic heterocycles. The third kappa shape index (κ3) is 1.36. The summed E-state index contributed by atoms with van der Waals surface area (Å²) in [5.41, 5.74) is 5.70. The molecule has 84 valence electrons. The van der Waals surface area contributed by atoms with E-state index in [2.05, 4.69) is 48.5 Å². The van der Waals surface area contributed by atoms with E-state index >= 15 is 0 Å². The number of hydrogen-bond donors (Lipinski definition) is 0. The van der Waals surface area contributed by atoms with Gasteiger partial charge >= 0.3 is 0 Å². The van der Waals surface area contributed by atoms with Crippen LogP contribution in [0.1, 0.15) is 34.5 Å². The van der Waals surface area contributed by atoms with E-state index in [-0.39, 0.29) is 12.2 Å². The van der Waals surface area contributed by atoms with Crippen molar-refractivity contribution in [3.05, 3.63) is 70.8 Å². The van der Waals surface area contributed by atoms with Crippen LogP contribution in [-0.2, 0) is 17.6 Å². The second-order valence-electron chi connectivity index (χ2n) is 4.92. The molecule has 0 aromatic heterocycles. The van der Waals surface area contributed by atoms with Gasteiger partial charge in [-0.1, -0.05) is 48.5 Å². The fraction of sp³-hybridized carbons (Fsp3) is 0.250. The first kappa shape index (κ1) is 9.43. The molecule has 0 fully saturated rings. The summed E-state index contributed by atoms with van der Waals surface area (Å²) in [6.07, 6.45) is 2.56. The molecule has 0 N–H and O–H groups in total. The topological polar surface area (TPSA) is 9.23 Å². The van der Waals surface area contributed by atoms with Crippen LogP contribution >= 0.6 is 0 Å². The summed E-state index contributed by atoms with van der Waals surface area (Å²) in [4.78, 5) is 0. The van der Waals surface area contributed by atoms with E-state index in [1.54, 1.807) is 0 Å². The summed E-state index contributed by atoms with van der Waals surface area (Å²) in [6, 6.07) is 17.4. The van der Waals surface area contributed by atoms with Crippen LogP contribution in [0.4, 0.5) is 0 Å². The Labute approximate surface area is 101 Å². The molecule has 0 radical (unpaired) electrons. The molecule has 4 rings (SSSR count). The molecule has 2 heterocycles. The molecule has 0 saturated carbocycles. The molecule has 0 amide bonds. The highest BCUT2D eigenvalue weighted by Crippen LogP contribution is 2.44. The van der Waals surface area contributed by atoms with Crippen molar-refractivity contribution in [2.75, 3.05) is 0 Å². The lowest BCUT2D eigenvalue weighted by Gasteiger charge is -2.38. The van der Waals surface area contributed by atoms with E-state index in [1.165, 1.54) is 22.3 Å². The fourth-order valence-electron chi connectivity index (χ4n) is 3.13. The van der Waals surface area contributed by atoms with Crippen molar-refractivity contribution in [3.8, 4) is 0 Å². The number of hydrogen-bond acceptors (Lipinski definition) is 1. The SMILES string of the molecule is c1ccc2c(c1)CC1OC2Cc2ccccc21. The van der Waals surface area contributed by atoms with Gasteiger partial charge in [0, 0.05) is 12.8 Å². The molecular weight excluding hydrogens is 208 g/mol. The Balaban J connectivity index is 1.86. The largest absolute Gasteiger partial charge is 0.365 e. The predicted molar refractivity (Wildman–Crippen MR) is 66.9 cm³/mol. The second kappa shape index (κ2) is 3.44. The Morgan fingerprint density at radius 3 is 1.71 bits per heavy atom. The van der Waals surface area contributed by atoms with Gasteiger partial charge in [-0.15, -0.1) is 0 Å². The van der Waals surface area contributed by atoms with Crippen LogP contribution in [0.15, 0.2) is 48.5 Å². The van der Waals surface area contributed by atoms with Gasteiger partial charge in [0.15, 0.2) is 0 Å². The number of fused-ring (bicyclic) bond motifs is 6. The highest BCUT2D eigenvalue weighted by Gasteiger charge is 2.33. The van der Waals surface area contributed by atoms with Gasteiger partial charge in [0.05, 0.1) is 12.2 Å². The Bertz CT molecular complexity index is 522. The van der Waals surface area contributed by atoms with Crippen LogP contribution in [-0.4, -0.2) is 0 Å². The predicted octanol–water partition coefficient (Wildman–Crippen LogP) is 3.60. The van der Waals surface area contributed by atoms with Crippen LogP contribution in [0.3, 0.4) is 0 Å². The maximum absolute atomic E-state index is 6.18. The van der Waals surface area contributed by atoms with Crippen molar-refractivity contribution < 1.29 is 4.74 Å². The third-order valence-corrected chi connectivity index (χ3v) is 3.94. The highest BCUT2D eigenvalue weighted by molar-refractivity contribution is 5.41. The molecule has 1 heteroatoms. The Kier molecular flexibility index (Phi) is 1.91. The van der Waals surface area contributed by atoms with Crippen molar-refractivity contribution in [2.45, 2.75) is 25.0 Å². The minimum absolute atomic E-state index is 0.264. The van der Waals surface area contributed by atoms with Gasteiger partial charge < -0.3 is 4.74 Å². The Morgan fingerprint density at radius 2 is 1.18 bits per heavy atom. The monoisotopic (exact) mass is 222 g/mol. The smallest absolute Gasteiger partial charge is 0.0876 e. The molecule has 2 bridgehead atoms. The van der Waals surface area contributed by atoms with Gasteiger partial charge in [-0.3, -0.25) is 0 Å². The van der Waals surface area contributed by atoms with Crippen molar-refractivity contribution in [3.63, 3.8) is 0 Å². The van der Waals surface area contributed by atoms with E-state index in [0.29, 0.717) is 0 Å². The van der Waals surface area contributed by atoms with Gasteiger partial charge in [0.25, 0.3) is 0 Å². The molecule has 0 aliphatic carbocycles. The lowest BCUT2D eigenvalue weighted by molar-refractivity contribution is -0.0392. The van der Waals surface area contributed by atoms with Crippen molar-refractivity contribution in [1.82, 2.24) is 0 Å². The number of benzene rings is 2.